The molecule has 0 heterocycles. The molecule has 2 unspecified atom stereocenters. The highest BCUT2D eigenvalue weighted by atomic mass is 19.1. The standard InChI is InChI=1S/C17H18FN/c18-15-6-3-4-12(11-15)10-14-9-8-13-5-1-2-7-16(13)17(14)19/h1-7,11,14,17H,8-10,19H2. The van der Waals surface area contributed by atoms with Gasteiger partial charge in [-0.25, -0.2) is 4.39 Å². The van der Waals surface area contributed by atoms with Crippen LogP contribution in [0.3, 0.4) is 0 Å². The molecular formula is C17H18FN. The van der Waals surface area contributed by atoms with Gasteiger partial charge in [-0.3, -0.25) is 0 Å². The number of hydrogen-bond acceptors (Lipinski definition) is 1. The predicted molar refractivity (Wildman–Crippen MR) is 75.3 cm³/mol. The SMILES string of the molecule is NC1c2ccccc2CCC1Cc1cccc(F)c1. The molecule has 0 aromatic heterocycles. The third-order valence-electron chi connectivity index (χ3n) is 4.09. The molecule has 2 aromatic carbocycles. The summed E-state index contributed by atoms with van der Waals surface area (Å²) in [6, 6.07) is 15.3. The van der Waals surface area contributed by atoms with Crippen LogP contribution in [-0.2, 0) is 12.8 Å². The molecule has 3 rings (SSSR count). The van der Waals surface area contributed by atoms with Gasteiger partial charge in [0.2, 0.25) is 0 Å². The molecule has 1 aliphatic rings. The predicted octanol–water partition coefficient (Wildman–Crippen LogP) is 3.63. The van der Waals surface area contributed by atoms with Crippen molar-refractivity contribution >= 4 is 0 Å². The summed E-state index contributed by atoms with van der Waals surface area (Å²) in [5, 5.41) is 0. The van der Waals surface area contributed by atoms with E-state index in [0.717, 1.165) is 24.8 Å². The molecule has 0 spiro atoms. The lowest BCUT2D eigenvalue weighted by atomic mass is 9.77. The summed E-state index contributed by atoms with van der Waals surface area (Å²) in [6.45, 7) is 0. The van der Waals surface area contributed by atoms with Gasteiger partial charge in [-0.1, -0.05) is 36.4 Å². The number of halogens is 1. The van der Waals surface area contributed by atoms with Crippen LogP contribution in [0.5, 0.6) is 0 Å². The number of fused-ring (bicyclic) bond motifs is 1. The van der Waals surface area contributed by atoms with Gasteiger partial charge >= 0.3 is 0 Å². The molecule has 0 aliphatic heterocycles. The molecule has 2 N–H and O–H groups in total. The van der Waals surface area contributed by atoms with Crippen molar-refractivity contribution in [2.24, 2.45) is 11.7 Å². The number of hydrogen-bond donors (Lipinski definition) is 1. The van der Waals surface area contributed by atoms with Gasteiger partial charge in [-0.05, 0) is 54.0 Å². The van der Waals surface area contributed by atoms with Crippen LogP contribution >= 0.6 is 0 Å². The first-order valence-electron chi connectivity index (χ1n) is 6.82. The minimum absolute atomic E-state index is 0.0632. The minimum atomic E-state index is -0.165. The molecule has 1 aliphatic carbocycles. The summed E-state index contributed by atoms with van der Waals surface area (Å²) in [7, 11) is 0. The number of nitrogens with two attached hydrogens (primary N) is 1. The lowest BCUT2D eigenvalue weighted by Crippen LogP contribution is -2.28. The molecule has 1 nitrogen and oxygen atoms in total. The highest BCUT2D eigenvalue weighted by Gasteiger charge is 2.26. The lowest BCUT2D eigenvalue weighted by molar-refractivity contribution is 0.376. The van der Waals surface area contributed by atoms with E-state index in [-0.39, 0.29) is 11.9 Å². The second-order valence-corrected chi connectivity index (χ2v) is 5.36. The highest BCUT2D eigenvalue weighted by Crippen LogP contribution is 2.34. The summed E-state index contributed by atoms with van der Waals surface area (Å²) in [6.07, 6.45) is 3.01. The first-order valence-corrected chi connectivity index (χ1v) is 6.82. The van der Waals surface area contributed by atoms with Gasteiger partial charge in [-0.15, -0.1) is 0 Å². The Morgan fingerprint density at radius 1 is 1.11 bits per heavy atom. The molecule has 0 saturated carbocycles. The van der Waals surface area contributed by atoms with Crippen molar-refractivity contribution in [3.8, 4) is 0 Å². The van der Waals surface area contributed by atoms with E-state index in [0.29, 0.717) is 5.92 Å². The van der Waals surface area contributed by atoms with Gasteiger partial charge in [0.05, 0.1) is 0 Å². The second-order valence-electron chi connectivity index (χ2n) is 5.36. The summed E-state index contributed by atoms with van der Waals surface area (Å²) in [4.78, 5) is 0. The summed E-state index contributed by atoms with van der Waals surface area (Å²) < 4.78 is 13.2. The van der Waals surface area contributed by atoms with Crippen molar-refractivity contribution in [2.75, 3.05) is 0 Å². The average Bonchev–Trinajstić information content (AvgIpc) is 2.42. The number of aryl methyl sites for hydroxylation is 1. The van der Waals surface area contributed by atoms with E-state index in [1.807, 2.05) is 12.1 Å². The molecular weight excluding hydrogens is 237 g/mol. The van der Waals surface area contributed by atoms with Crippen molar-refractivity contribution in [2.45, 2.75) is 25.3 Å². The summed E-state index contributed by atoms with van der Waals surface area (Å²) >= 11 is 0. The molecule has 0 radical (unpaired) electrons. The second kappa shape index (κ2) is 5.14. The first-order chi connectivity index (χ1) is 9.24. The van der Waals surface area contributed by atoms with Gasteiger partial charge in [0.25, 0.3) is 0 Å². The largest absolute Gasteiger partial charge is 0.324 e. The van der Waals surface area contributed by atoms with Crippen molar-refractivity contribution in [3.63, 3.8) is 0 Å². The van der Waals surface area contributed by atoms with Crippen molar-refractivity contribution in [1.29, 1.82) is 0 Å². The fourth-order valence-electron chi connectivity index (χ4n) is 3.06. The zero-order valence-electron chi connectivity index (χ0n) is 10.9. The van der Waals surface area contributed by atoms with Crippen LogP contribution in [0.4, 0.5) is 4.39 Å². The van der Waals surface area contributed by atoms with E-state index >= 15 is 0 Å². The normalized spacial score (nSPS) is 22.0. The zero-order chi connectivity index (χ0) is 13.2. The van der Waals surface area contributed by atoms with E-state index in [9.17, 15) is 4.39 Å². The van der Waals surface area contributed by atoms with Crippen LogP contribution in [0.2, 0.25) is 0 Å². The van der Waals surface area contributed by atoms with Crippen LogP contribution in [0.15, 0.2) is 48.5 Å². The minimum Gasteiger partial charge on any atom is -0.324 e. The Hall–Kier alpha value is -1.67. The third-order valence-corrected chi connectivity index (χ3v) is 4.09. The van der Waals surface area contributed by atoms with Crippen LogP contribution in [0.1, 0.15) is 29.2 Å². The molecule has 2 atom stereocenters. The van der Waals surface area contributed by atoms with E-state index in [1.54, 1.807) is 12.1 Å². The summed E-state index contributed by atoms with van der Waals surface area (Å²) in [5.41, 5.74) is 10.0. The first kappa shape index (κ1) is 12.4. The Bertz CT molecular complexity index is 579. The van der Waals surface area contributed by atoms with E-state index in [1.165, 1.54) is 17.2 Å². The van der Waals surface area contributed by atoms with Crippen LogP contribution < -0.4 is 5.73 Å². The van der Waals surface area contributed by atoms with Crippen molar-refractivity contribution < 1.29 is 4.39 Å². The molecule has 19 heavy (non-hydrogen) atoms. The monoisotopic (exact) mass is 255 g/mol. The van der Waals surface area contributed by atoms with Gasteiger partial charge in [0.15, 0.2) is 0 Å². The molecule has 0 amide bonds. The maximum atomic E-state index is 13.2. The summed E-state index contributed by atoms with van der Waals surface area (Å²) in [5.74, 6) is 0.235. The molecule has 0 bridgehead atoms. The number of rotatable bonds is 2. The molecule has 98 valence electrons. The Morgan fingerprint density at radius 3 is 2.79 bits per heavy atom. The smallest absolute Gasteiger partial charge is 0.123 e. The van der Waals surface area contributed by atoms with Crippen molar-refractivity contribution in [1.82, 2.24) is 0 Å². The Morgan fingerprint density at radius 2 is 1.95 bits per heavy atom. The van der Waals surface area contributed by atoms with E-state index < -0.39 is 0 Å². The zero-order valence-corrected chi connectivity index (χ0v) is 10.9. The van der Waals surface area contributed by atoms with Gasteiger partial charge < -0.3 is 5.73 Å². The van der Waals surface area contributed by atoms with Crippen LogP contribution in [-0.4, -0.2) is 0 Å². The fraction of sp³-hybridized carbons (Fsp3) is 0.294. The third kappa shape index (κ3) is 2.54. The molecule has 2 heteroatoms. The maximum absolute atomic E-state index is 13.2. The van der Waals surface area contributed by atoms with Gasteiger partial charge in [0.1, 0.15) is 5.82 Å². The Kier molecular flexibility index (Phi) is 3.34. The highest BCUT2D eigenvalue weighted by molar-refractivity contribution is 5.33. The fourth-order valence-corrected chi connectivity index (χ4v) is 3.06. The van der Waals surface area contributed by atoms with E-state index in [2.05, 4.69) is 18.2 Å². The molecule has 0 saturated heterocycles. The maximum Gasteiger partial charge on any atom is 0.123 e. The van der Waals surface area contributed by atoms with Gasteiger partial charge in [-0.2, -0.15) is 0 Å². The molecule has 2 aromatic rings. The quantitative estimate of drug-likeness (QED) is 0.871. The Balaban J connectivity index is 1.81. The Labute approximate surface area is 113 Å². The number of benzene rings is 2. The van der Waals surface area contributed by atoms with Crippen molar-refractivity contribution in [3.05, 3.63) is 71.0 Å². The lowest BCUT2D eigenvalue weighted by Gasteiger charge is -2.31. The topological polar surface area (TPSA) is 26.0 Å². The van der Waals surface area contributed by atoms with Gasteiger partial charge in [0, 0.05) is 6.04 Å². The average molecular weight is 255 g/mol. The van der Waals surface area contributed by atoms with Crippen LogP contribution in [0.25, 0.3) is 0 Å². The van der Waals surface area contributed by atoms with E-state index in [4.69, 9.17) is 5.73 Å². The van der Waals surface area contributed by atoms with Crippen LogP contribution in [0, 0.1) is 11.7 Å². The molecule has 0 fully saturated rings.